The van der Waals surface area contributed by atoms with Crippen LogP contribution in [0, 0.1) is 0 Å². The molecule has 0 atom stereocenters. The van der Waals surface area contributed by atoms with Gasteiger partial charge in [-0.15, -0.1) is 0 Å². The summed E-state index contributed by atoms with van der Waals surface area (Å²) < 4.78 is 0. The van der Waals surface area contributed by atoms with Crippen LogP contribution in [0.4, 0.5) is 0 Å². The molecule has 0 radical (unpaired) electrons. The van der Waals surface area contributed by atoms with Crippen molar-refractivity contribution in [3.05, 3.63) is 35.9 Å². The SMILES string of the molecule is O=C(CSCCc1ccccc1)NO. The minimum atomic E-state index is -0.344. The lowest BCUT2D eigenvalue weighted by Crippen LogP contribution is -2.20. The van der Waals surface area contributed by atoms with E-state index in [1.165, 1.54) is 17.3 Å². The molecule has 1 aromatic carbocycles. The van der Waals surface area contributed by atoms with Crippen molar-refractivity contribution in [2.45, 2.75) is 6.42 Å². The molecule has 0 saturated carbocycles. The van der Waals surface area contributed by atoms with E-state index in [4.69, 9.17) is 5.21 Å². The number of hydrogen-bond donors (Lipinski definition) is 2. The summed E-state index contributed by atoms with van der Waals surface area (Å²) in [4.78, 5) is 10.6. The zero-order valence-corrected chi connectivity index (χ0v) is 8.59. The first-order valence-corrected chi connectivity index (χ1v) is 5.53. The summed E-state index contributed by atoms with van der Waals surface area (Å²) in [5, 5.41) is 8.24. The van der Waals surface area contributed by atoms with E-state index in [1.807, 2.05) is 18.2 Å². The molecule has 0 saturated heterocycles. The van der Waals surface area contributed by atoms with Crippen molar-refractivity contribution < 1.29 is 10.0 Å². The Hall–Kier alpha value is -1.00. The van der Waals surface area contributed by atoms with Crippen LogP contribution in [0.5, 0.6) is 0 Å². The van der Waals surface area contributed by atoms with Crippen molar-refractivity contribution in [3.8, 4) is 0 Å². The highest BCUT2D eigenvalue weighted by Gasteiger charge is 1.98. The molecule has 0 heterocycles. The van der Waals surface area contributed by atoms with Crippen molar-refractivity contribution >= 4 is 17.7 Å². The second-order valence-electron chi connectivity index (χ2n) is 2.82. The molecule has 0 aliphatic rings. The van der Waals surface area contributed by atoms with E-state index in [2.05, 4.69) is 12.1 Å². The fourth-order valence-corrected chi connectivity index (χ4v) is 1.81. The van der Waals surface area contributed by atoms with Crippen molar-refractivity contribution in [2.24, 2.45) is 0 Å². The monoisotopic (exact) mass is 211 g/mol. The van der Waals surface area contributed by atoms with Crippen molar-refractivity contribution in [1.82, 2.24) is 5.48 Å². The highest BCUT2D eigenvalue weighted by atomic mass is 32.2. The minimum absolute atomic E-state index is 0.309. The normalized spacial score (nSPS) is 9.79. The number of carbonyl (C=O) groups is 1. The van der Waals surface area contributed by atoms with Gasteiger partial charge in [0.05, 0.1) is 5.75 Å². The number of aryl methyl sites for hydroxylation is 1. The molecule has 0 spiro atoms. The van der Waals surface area contributed by atoms with Gasteiger partial charge in [0.25, 0.3) is 5.91 Å². The van der Waals surface area contributed by atoms with E-state index < -0.39 is 0 Å². The van der Waals surface area contributed by atoms with Crippen molar-refractivity contribution in [2.75, 3.05) is 11.5 Å². The van der Waals surface area contributed by atoms with Gasteiger partial charge in [0.2, 0.25) is 0 Å². The third kappa shape index (κ3) is 4.30. The first kappa shape index (κ1) is 11.1. The smallest absolute Gasteiger partial charge is 0.253 e. The van der Waals surface area contributed by atoms with Crippen LogP contribution in [-0.4, -0.2) is 22.6 Å². The Morgan fingerprint density at radius 2 is 2.07 bits per heavy atom. The number of hydrogen-bond acceptors (Lipinski definition) is 3. The lowest BCUT2D eigenvalue weighted by Gasteiger charge is -2.00. The predicted octanol–water partition coefficient (Wildman–Crippen LogP) is 1.47. The van der Waals surface area contributed by atoms with E-state index >= 15 is 0 Å². The van der Waals surface area contributed by atoms with Crippen molar-refractivity contribution in [1.29, 1.82) is 0 Å². The highest BCUT2D eigenvalue weighted by molar-refractivity contribution is 7.99. The molecule has 76 valence electrons. The molecule has 0 unspecified atom stereocenters. The van der Waals surface area contributed by atoms with E-state index in [1.54, 1.807) is 5.48 Å². The van der Waals surface area contributed by atoms with Gasteiger partial charge in [0.1, 0.15) is 0 Å². The van der Waals surface area contributed by atoms with Gasteiger partial charge in [-0.05, 0) is 17.7 Å². The first-order chi connectivity index (χ1) is 6.83. The Balaban J connectivity index is 2.13. The Labute approximate surface area is 87.5 Å². The molecule has 1 amide bonds. The maximum Gasteiger partial charge on any atom is 0.253 e. The zero-order chi connectivity index (χ0) is 10.2. The number of benzene rings is 1. The number of carbonyl (C=O) groups excluding carboxylic acids is 1. The topological polar surface area (TPSA) is 49.3 Å². The van der Waals surface area contributed by atoms with Gasteiger partial charge in [0, 0.05) is 0 Å². The summed E-state index contributed by atoms with van der Waals surface area (Å²) in [6, 6.07) is 10.1. The van der Waals surface area contributed by atoms with Crippen LogP contribution in [-0.2, 0) is 11.2 Å². The lowest BCUT2D eigenvalue weighted by atomic mass is 10.2. The van der Waals surface area contributed by atoms with E-state index in [-0.39, 0.29) is 5.91 Å². The maximum absolute atomic E-state index is 10.6. The maximum atomic E-state index is 10.6. The van der Waals surface area contributed by atoms with Crippen LogP contribution in [0.2, 0.25) is 0 Å². The first-order valence-electron chi connectivity index (χ1n) is 4.37. The molecule has 2 N–H and O–H groups in total. The molecule has 14 heavy (non-hydrogen) atoms. The van der Waals surface area contributed by atoms with Crippen LogP contribution >= 0.6 is 11.8 Å². The van der Waals surface area contributed by atoms with Crippen LogP contribution in [0.1, 0.15) is 5.56 Å². The summed E-state index contributed by atoms with van der Waals surface area (Å²) >= 11 is 1.51. The average Bonchev–Trinajstić information content (AvgIpc) is 2.25. The quantitative estimate of drug-likeness (QED) is 0.440. The number of rotatable bonds is 5. The fourth-order valence-electron chi connectivity index (χ4n) is 1.03. The third-order valence-corrected chi connectivity index (χ3v) is 2.69. The van der Waals surface area contributed by atoms with Gasteiger partial charge < -0.3 is 0 Å². The van der Waals surface area contributed by atoms with Crippen LogP contribution < -0.4 is 5.48 Å². The third-order valence-electron chi connectivity index (χ3n) is 1.74. The van der Waals surface area contributed by atoms with Gasteiger partial charge >= 0.3 is 0 Å². The van der Waals surface area contributed by atoms with Gasteiger partial charge in [-0.3, -0.25) is 10.0 Å². The van der Waals surface area contributed by atoms with Crippen LogP contribution in [0.25, 0.3) is 0 Å². The van der Waals surface area contributed by atoms with Gasteiger partial charge in [-0.25, -0.2) is 5.48 Å². The fraction of sp³-hybridized carbons (Fsp3) is 0.300. The minimum Gasteiger partial charge on any atom is -0.289 e. The summed E-state index contributed by atoms with van der Waals surface area (Å²) in [6.45, 7) is 0. The molecule has 0 aliphatic carbocycles. The highest BCUT2D eigenvalue weighted by Crippen LogP contribution is 2.06. The van der Waals surface area contributed by atoms with Crippen LogP contribution in [0.3, 0.4) is 0 Å². The summed E-state index contributed by atoms with van der Waals surface area (Å²) in [5.41, 5.74) is 2.87. The number of amides is 1. The molecule has 0 fully saturated rings. The second-order valence-corrected chi connectivity index (χ2v) is 3.93. The average molecular weight is 211 g/mol. The number of hydroxylamine groups is 1. The number of nitrogens with one attached hydrogen (secondary N) is 1. The Kier molecular flexibility index (Phi) is 5.11. The summed E-state index contributed by atoms with van der Waals surface area (Å²) in [6.07, 6.45) is 0.949. The zero-order valence-electron chi connectivity index (χ0n) is 7.77. The second kappa shape index (κ2) is 6.45. The lowest BCUT2D eigenvalue weighted by molar-refractivity contribution is -0.126. The summed E-state index contributed by atoms with van der Waals surface area (Å²) in [5.74, 6) is 0.851. The van der Waals surface area contributed by atoms with Gasteiger partial charge in [-0.1, -0.05) is 30.3 Å². The molecule has 0 aromatic heterocycles. The largest absolute Gasteiger partial charge is 0.289 e. The number of thioether (sulfide) groups is 1. The molecule has 3 nitrogen and oxygen atoms in total. The molecule has 1 aromatic rings. The molecule has 1 rings (SSSR count). The summed E-state index contributed by atoms with van der Waals surface area (Å²) in [7, 11) is 0. The molecular formula is C10H13NO2S. The molecular weight excluding hydrogens is 198 g/mol. The van der Waals surface area contributed by atoms with E-state index in [9.17, 15) is 4.79 Å². The van der Waals surface area contributed by atoms with Gasteiger partial charge in [-0.2, -0.15) is 11.8 Å². The van der Waals surface area contributed by atoms with Gasteiger partial charge in [0.15, 0.2) is 0 Å². The molecule has 4 heteroatoms. The molecule has 0 aliphatic heterocycles. The Morgan fingerprint density at radius 1 is 1.36 bits per heavy atom. The molecule has 0 bridgehead atoms. The van der Waals surface area contributed by atoms with E-state index in [0.29, 0.717) is 5.75 Å². The predicted molar refractivity (Wildman–Crippen MR) is 57.4 cm³/mol. The Bertz CT molecular complexity index is 277. The Morgan fingerprint density at radius 3 is 2.71 bits per heavy atom. The standard InChI is InChI=1S/C10H13NO2S/c12-10(11-13)8-14-7-6-9-4-2-1-3-5-9/h1-5,13H,6-8H2,(H,11,12). The van der Waals surface area contributed by atoms with E-state index in [0.717, 1.165) is 12.2 Å². The van der Waals surface area contributed by atoms with Crippen LogP contribution in [0.15, 0.2) is 30.3 Å². The van der Waals surface area contributed by atoms with Crippen molar-refractivity contribution in [3.63, 3.8) is 0 Å².